The molecule has 1 saturated heterocycles. The van der Waals surface area contributed by atoms with Gasteiger partial charge in [0.2, 0.25) is 5.91 Å². The molecule has 1 atom stereocenters. The zero-order chi connectivity index (χ0) is 14.0. The van der Waals surface area contributed by atoms with Crippen LogP contribution in [0.3, 0.4) is 0 Å². The van der Waals surface area contributed by atoms with E-state index in [9.17, 15) is 9.36 Å². The number of amides is 1. The van der Waals surface area contributed by atoms with Crippen LogP contribution in [0, 0.1) is 5.92 Å². The molecule has 0 spiro atoms. The largest absolute Gasteiger partial charge is 0.326 e. The maximum absolute atomic E-state index is 11.8. The molecule has 1 heterocycles. The molecule has 0 aliphatic carbocycles. The van der Waals surface area contributed by atoms with Crippen LogP contribution in [0.4, 0.5) is 0 Å². The van der Waals surface area contributed by atoms with Crippen molar-refractivity contribution in [3.63, 3.8) is 0 Å². The van der Waals surface area contributed by atoms with Crippen LogP contribution in [0.5, 0.6) is 0 Å². The van der Waals surface area contributed by atoms with Crippen molar-refractivity contribution in [2.45, 2.75) is 32.1 Å². The monoisotopic (exact) mass is 295 g/mol. The molecule has 0 aromatic carbocycles. The van der Waals surface area contributed by atoms with Gasteiger partial charge in [0.05, 0.1) is 18.7 Å². The first kappa shape index (κ1) is 15.9. The van der Waals surface area contributed by atoms with Crippen molar-refractivity contribution in [2.24, 2.45) is 5.92 Å². The number of carbonyl (C=O) groups excluding carboxylic acids is 1. The summed E-state index contributed by atoms with van der Waals surface area (Å²) in [4.78, 5) is 34.9. The standard InChI is InChI=1S/C10H22NO5PSi/c1-18(2,3)7-6-16-11-5-4-9(10(11)12)8-17(13,14)15/h9H,4-8H2,1-3H3,(H2,13,14,15). The summed E-state index contributed by atoms with van der Waals surface area (Å²) in [6.07, 6.45) is 0.0800. The number of rotatable bonds is 6. The van der Waals surface area contributed by atoms with Crippen LogP contribution in [0.25, 0.3) is 0 Å². The molecule has 1 fully saturated rings. The zero-order valence-corrected chi connectivity index (χ0v) is 13.0. The van der Waals surface area contributed by atoms with Crippen molar-refractivity contribution in [1.82, 2.24) is 5.06 Å². The van der Waals surface area contributed by atoms with Gasteiger partial charge in [0.15, 0.2) is 0 Å². The molecule has 0 saturated carbocycles. The fraction of sp³-hybridized carbons (Fsp3) is 0.900. The van der Waals surface area contributed by atoms with Crippen molar-refractivity contribution in [3.05, 3.63) is 0 Å². The molecular formula is C10H22NO5PSi. The van der Waals surface area contributed by atoms with E-state index in [2.05, 4.69) is 19.6 Å². The van der Waals surface area contributed by atoms with Crippen molar-refractivity contribution < 1.29 is 24.0 Å². The van der Waals surface area contributed by atoms with E-state index in [0.29, 0.717) is 19.6 Å². The fourth-order valence-corrected chi connectivity index (χ4v) is 3.37. The molecule has 6 nitrogen and oxygen atoms in total. The Balaban J connectivity index is 2.38. The molecule has 18 heavy (non-hydrogen) atoms. The highest BCUT2D eigenvalue weighted by Crippen LogP contribution is 2.39. The van der Waals surface area contributed by atoms with Gasteiger partial charge in [-0.3, -0.25) is 14.2 Å². The molecule has 1 aliphatic heterocycles. The molecule has 106 valence electrons. The van der Waals surface area contributed by atoms with E-state index in [1.165, 1.54) is 5.06 Å². The van der Waals surface area contributed by atoms with Gasteiger partial charge >= 0.3 is 7.60 Å². The Labute approximate surface area is 108 Å². The number of nitrogens with zero attached hydrogens (tertiary/aromatic N) is 1. The molecule has 0 aromatic rings. The average Bonchev–Trinajstić information content (AvgIpc) is 2.45. The Morgan fingerprint density at radius 1 is 1.44 bits per heavy atom. The lowest BCUT2D eigenvalue weighted by atomic mass is 10.1. The van der Waals surface area contributed by atoms with Crippen LogP contribution in [-0.4, -0.2) is 48.1 Å². The number of hydrogen-bond donors (Lipinski definition) is 2. The lowest BCUT2D eigenvalue weighted by Gasteiger charge is -2.20. The maximum Gasteiger partial charge on any atom is 0.326 e. The Kier molecular flexibility index (Phi) is 5.14. The van der Waals surface area contributed by atoms with Gasteiger partial charge < -0.3 is 9.79 Å². The second-order valence-electron chi connectivity index (χ2n) is 5.92. The van der Waals surface area contributed by atoms with E-state index in [0.717, 1.165) is 6.04 Å². The van der Waals surface area contributed by atoms with Crippen LogP contribution in [0.15, 0.2) is 0 Å². The van der Waals surface area contributed by atoms with Gasteiger partial charge in [-0.25, -0.2) is 5.06 Å². The second-order valence-corrected chi connectivity index (χ2v) is 13.2. The fourth-order valence-electron chi connectivity index (χ4n) is 1.76. The lowest BCUT2D eigenvalue weighted by Crippen LogP contribution is -2.31. The first-order valence-corrected chi connectivity index (χ1v) is 11.6. The SMILES string of the molecule is C[Si](C)(C)CCON1CCC(CP(=O)(O)O)C1=O. The van der Waals surface area contributed by atoms with Crippen LogP contribution in [-0.2, 0) is 14.2 Å². The van der Waals surface area contributed by atoms with E-state index in [1.807, 2.05) is 0 Å². The van der Waals surface area contributed by atoms with Gasteiger partial charge in [0.1, 0.15) is 0 Å². The predicted molar refractivity (Wildman–Crippen MR) is 70.8 cm³/mol. The summed E-state index contributed by atoms with van der Waals surface area (Å²) in [6.45, 7) is 7.59. The predicted octanol–water partition coefficient (Wildman–Crippen LogP) is 1.28. The Hall–Kier alpha value is -0.203. The molecule has 1 rings (SSSR count). The van der Waals surface area contributed by atoms with Crippen LogP contribution in [0.1, 0.15) is 6.42 Å². The number of carbonyl (C=O) groups is 1. The van der Waals surface area contributed by atoms with Crippen LogP contribution < -0.4 is 0 Å². The molecule has 1 amide bonds. The molecule has 2 N–H and O–H groups in total. The smallest absolute Gasteiger partial charge is 0.324 e. The third kappa shape index (κ3) is 5.62. The summed E-state index contributed by atoms with van der Waals surface area (Å²) in [5, 5.41) is 1.26. The van der Waals surface area contributed by atoms with Gasteiger partial charge in [0.25, 0.3) is 0 Å². The highest BCUT2D eigenvalue weighted by atomic mass is 31.2. The van der Waals surface area contributed by atoms with Crippen molar-refractivity contribution in [1.29, 1.82) is 0 Å². The summed E-state index contributed by atoms with van der Waals surface area (Å²) < 4.78 is 10.9. The lowest BCUT2D eigenvalue weighted by molar-refractivity contribution is -0.177. The molecule has 8 heteroatoms. The van der Waals surface area contributed by atoms with E-state index in [-0.39, 0.29) is 12.1 Å². The topological polar surface area (TPSA) is 87.1 Å². The van der Waals surface area contributed by atoms with E-state index < -0.39 is 21.6 Å². The summed E-state index contributed by atoms with van der Waals surface area (Å²) in [7, 11) is -5.32. The van der Waals surface area contributed by atoms with Crippen LogP contribution >= 0.6 is 7.60 Å². The summed E-state index contributed by atoms with van der Waals surface area (Å²) in [5.41, 5.74) is 0. The third-order valence-electron chi connectivity index (χ3n) is 2.83. The highest BCUT2D eigenvalue weighted by Gasteiger charge is 2.36. The number of hydrogen-bond acceptors (Lipinski definition) is 3. The first-order chi connectivity index (χ1) is 8.08. The highest BCUT2D eigenvalue weighted by molar-refractivity contribution is 7.51. The third-order valence-corrected chi connectivity index (χ3v) is 5.45. The van der Waals surface area contributed by atoms with E-state index in [1.54, 1.807) is 0 Å². The molecule has 0 radical (unpaired) electrons. The molecule has 0 aromatic heterocycles. The Morgan fingerprint density at radius 3 is 2.56 bits per heavy atom. The average molecular weight is 295 g/mol. The van der Waals surface area contributed by atoms with E-state index >= 15 is 0 Å². The first-order valence-electron chi connectivity index (χ1n) is 6.07. The molecule has 0 bridgehead atoms. The minimum Gasteiger partial charge on any atom is -0.324 e. The molecule has 1 aliphatic rings. The van der Waals surface area contributed by atoms with Crippen molar-refractivity contribution >= 4 is 21.6 Å². The molecular weight excluding hydrogens is 273 g/mol. The summed E-state index contributed by atoms with van der Waals surface area (Å²) >= 11 is 0. The minimum atomic E-state index is -4.13. The Morgan fingerprint density at radius 2 is 2.06 bits per heavy atom. The molecule has 1 unspecified atom stereocenters. The van der Waals surface area contributed by atoms with Crippen LogP contribution in [0.2, 0.25) is 25.7 Å². The van der Waals surface area contributed by atoms with Crippen molar-refractivity contribution in [3.8, 4) is 0 Å². The normalized spacial score (nSPS) is 21.7. The minimum absolute atomic E-state index is 0.297. The van der Waals surface area contributed by atoms with Gasteiger partial charge in [-0.1, -0.05) is 19.6 Å². The van der Waals surface area contributed by atoms with Gasteiger partial charge in [-0.05, 0) is 12.5 Å². The maximum atomic E-state index is 11.8. The summed E-state index contributed by atoms with van der Waals surface area (Å²) in [6, 6.07) is 0.958. The Bertz CT molecular complexity index is 351. The van der Waals surface area contributed by atoms with E-state index in [4.69, 9.17) is 14.6 Å². The quantitative estimate of drug-likeness (QED) is 0.569. The summed E-state index contributed by atoms with van der Waals surface area (Å²) in [5.74, 6) is -0.897. The number of hydroxylamine groups is 2. The van der Waals surface area contributed by atoms with Crippen molar-refractivity contribution in [2.75, 3.05) is 19.3 Å². The van der Waals surface area contributed by atoms with Gasteiger partial charge in [-0.2, -0.15) is 0 Å². The second kappa shape index (κ2) is 5.84. The van der Waals surface area contributed by atoms with Gasteiger partial charge in [-0.15, -0.1) is 0 Å². The van der Waals surface area contributed by atoms with Gasteiger partial charge in [0, 0.05) is 14.6 Å². The zero-order valence-electron chi connectivity index (χ0n) is 11.1.